The predicted octanol–water partition coefficient (Wildman–Crippen LogP) is 4.88. The van der Waals surface area contributed by atoms with Gasteiger partial charge < -0.3 is 15.8 Å². The van der Waals surface area contributed by atoms with Gasteiger partial charge in [0, 0.05) is 23.1 Å². The van der Waals surface area contributed by atoms with Crippen molar-refractivity contribution in [2.45, 2.75) is 45.1 Å². The molecule has 5 nitrogen and oxygen atoms in total. The average molecular weight is 375 g/mol. The summed E-state index contributed by atoms with van der Waals surface area (Å²) in [6.45, 7) is 2.82. The molecule has 0 fully saturated rings. The molecule has 0 amide bonds. The normalized spacial score (nSPS) is 12.6. The van der Waals surface area contributed by atoms with Crippen LogP contribution in [0.15, 0.2) is 53.8 Å². The van der Waals surface area contributed by atoms with Gasteiger partial charge in [0.2, 0.25) is 0 Å². The van der Waals surface area contributed by atoms with Gasteiger partial charge in [-0.3, -0.25) is 9.98 Å². The zero-order chi connectivity index (χ0) is 18.6. The quantitative estimate of drug-likeness (QED) is 0.353. The number of rotatable bonds is 10. The lowest BCUT2D eigenvalue weighted by atomic mass is 10.1. The second-order valence-corrected chi connectivity index (χ2v) is 6.67. The minimum atomic E-state index is 0.203. The maximum absolute atomic E-state index is 5.93. The monoisotopic (exact) mass is 374 g/mol. The Morgan fingerprint density at radius 2 is 1.81 bits per heavy atom. The molecule has 6 heteroatoms. The lowest BCUT2D eigenvalue weighted by Crippen LogP contribution is -2.24. The first-order valence-corrected chi connectivity index (χ1v) is 9.40. The Balaban J connectivity index is 1.53. The van der Waals surface area contributed by atoms with Gasteiger partial charge in [-0.2, -0.15) is 0 Å². The molecule has 0 saturated carbocycles. The van der Waals surface area contributed by atoms with Crippen LogP contribution in [0.3, 0.4) is 0 Å². The summed E-state index contributed by atoms with van der Waals surface area (Å²) in [5.41, 5.74) is 6.83. The van der Waals surface area contributed by atoms with E-state index in [9.17, 15) is 0 Å². The molecule has 0 bridgehead atoms. The number of nitrogens with two attached hydrogens (primary N) is 1. The molecule has 140 valence electrons. The minimum Gasteiger partial charge on any atom is -0.494 e. The van der Waals surface area contributed by atoms with Crippen LogP contribution in [0.2, 0.25) is 5.02 Å². The van der Waals surface area contributed by atoms with Gasteiger partial charge in [0.15, 0.2) is 5.96 Å². The standard InChI is InChI=1S/C20H27ClN4O/c1-16(24-20(22)25-18-11-13-23-14-12-18)6-4-2-3-5-15-26-19-9-7-17(21)8-10-19/h7-14,16H,2-6,15H2,1H3,(H3,22,23,24,25). The molecule has 0 aliphatic rings. The molecule has 0 aliphatic carbocycles. The van der Waals surface area contributed by atoms with Crippen molar-refractivity contribution >= 4 is 23.2 Å². The fraction of sp³-hybridized carbons (Fsp3) is 0.400. The van der Waals surface area contributed by atoms with Crippen molar-refractivity contribution in [1.82, 2.24) is 4.98 Å². The van der Waals surface area contributed by atoms with E-state index in [4.69, 9.17) is 22.1 Å². The van der Waals surface area contributed by atoms with E-state index in [1.54, 1.807) is 12.4 Å². The van der Waals surface area contributed by atoms with E-state index in [0.29, 0.717) is 5.96 Å². The van der Waals surface area contributed by atoms with Crippen LogP contribution in [0.25, 0.3) is 0 Å². The third-order valence-corrected chi connectivity index (χ3v) is 4.16. The number of aliphatic imine (C=N–C) groups is 1. The number of pyridine rings is 1. The summed E-state index contributed by atoms with van der Waals surface area (Å²) >= 11 is 5.85. The summed E-state index contributed by atoms with van der Waals surface area (Å²) in [6, 6.07) is 11.4. The third kappa shape index (κ3) is 8.21. The van der Waals surface area contributed by atoms with E-state index in [1.807, 2.05) is 36.4 Å². The van der Waals surface area contributed by atoms with Gasteiger partial charge in [0.05, 0.1) is 12.6 Å². The van der Waals surface area contributed by atoms with Crippen molar-refractivity contribution in [2.24, 2.45) is 10.7 Å². The lowest BCUT2D eigenvalue weighted by Gasteiger charge is -2.10. The summed E-state index contributed by atoms with van der Waals surface area (Å²) in [4.78, 5) is 8.45. The highest BCUT2D eigenvalue weighted by molar-refractivity contribution is 6.30. The number of unbranched alkanes of at least 4 members (excludes halogenated alkanes) is 3. The van der Waals surface area contributed by atoms with E-state index >= 15 is 0 Å². The molecule has 0 radical (unpaired) electrons. The van der Waals surface area contributed by atoms with Crippen molar-refractivity contribution < 1.29 is 4.74 Å². The first-order chi connectivity index (χ1) is 12.6. The Morgan fingerprint density at radius 1 is 1.12 bits per heavy atom. The fourth-order valence-electron chi connectivity index (χ4n) is 2.53. The van der Waals surface area contributed by atoms with Crippen molar-refractivity contribution in [3.63, 3.8) is 0 Å². The van der Waals surface area contributed by atoms with E-state index in [2.05, 4.69) is 22.2 Å². The molecule has 1 aromatic heterocycles. The van der Waals surface area contributed by atoms with E-state index < -0.39 is 0 Å². The van der Waals surface area contributed by atoms with E-state index in [-0.39, 0.29) is 6.04 Å². The fourth-order valence-corrected chi connectivity index (χ4v) is 2.66. The van der Waals surface area contributed by atoms with Crippen LogP contribution < -0.4 is 15.8 Å². The Morgan fingerprint density at radius 3 is 2.54 bits per heavy atom. The first-order valence-electron chi connectivity index (χ1n) is 9.02. The molecule has 26 heavy (non-hydrogen) atoms. The Labute approximate surface area is 160 Å². The molecule has 0 saturated heterocycles. The van der Waals surface area contributed by atoms with Crippen LogP contribution in [0.1, 0.15) is 39.0 Å². The number of benzene rings is 1. The molecule has 1 unspecified atom stereocenters. The second kappa shape index (κ2) is 11.4. The smallest absolute Gasteiger partial charge is 0.193 e. The van der Waals surface area contributed by atoms with Crippen LogP contribution >= 0.6 is 11.6 Å². The summed E-state index contributed by atoms with van der Waals surface area (Å²) < 4.78 is 5.69. The molecule has 2 aromatic rings. The first kappa shape index (κ1) is 20.0. The molecule has 1 atom stereocenters. The molecular formula is C20H27ClN4O. The molecule has 0 spiro atoms. The summed E-state index contributed by atoms with van der Waals surface area (Å²) in [5, 5.41) is 3.80. The van der Waals surface area contributed by atoms with E-state index in [1.165, 1.54) is 6.42 Å². The number of anilines is 1. The van der Waals surface area contributed by atoms with Crippen molar-refractivity contribution in [3.05, 3.63) is 53.8 Å². The van der Waals surface area contributed by atoms with Crippen LogP contribution in [0.5, 0.6) is 5.75 Å². The molecular weight excluding hydrogens is 348 g/mol. The van der Waals surface area contributed by atoms with Gasteiger partial charge in [0.25, 0.3) is 0 Å². The Hall–Kier alpha value is -2.27. The van der Waals surface area contributed by atoms with Gasteiger partial charge in [-0.25, -0.2) is 0 Å². The number of guanidine groups is 1. The Bertz CT molecular complexity index is 661. The number of hydrogen-bond acceptors (Lipinski definition) is 3. The maximum Gasteiger partial charge on any atom is 0.193 e. The average Bonchev–Trinajstić information content (AvgIpc) is 2.63. The second-order valence-electron chi connectivity index (χ2n) is 6.23. The number of hydrogen-bond donors (Lipinski definition) is 2. The van der Waals surface area contributed by atoms with Crippen LogP contribution in [0, 0.1) is 0 Å². The zero-order valence-corrected chi connectivity index (χ0v) is 16.0. The van der Waals surface area contributed by atoms with Gasteiger partial charge in [0.1, 0.15) is 5.75 Å². The summed E-state index contributed by atoms with van der Waals surface area (Å²) in [5.74, 6) is 1.31. The highest BCUT2D eigenvalue weighted by Gasteiger charge is 2.02. The van der Waals surface area contributed by atoms with Crippen molar-refractivity contribution in [3.8, 4) is 5.75 Å². The van der Waals surface area contributed by atoms with Crippen molar-refractivity contribution in [1.29, 1.82) is 0 Å². The van der Waals surface area contributed by atoms with Crippen LogP contribution in [-0.4, -0.2) is 23.6 Å². The highest BCUT2D eigenvalue weighted by Crippen LogP contribution is 2.16. The third-order valence-electron chi connectivity index (χ3n) is 3.91. The Kier molecular flexibility index (Phi) is 8.76. The van der Waals surface area contributed by atoms with Crippen LogP contribution in [0.4, 0.5) is 5.69 Å². The maximum atomic E-state index is 5.93. The largest absolute Gasteiger partial charge is 0.494 e. The molecule has 2 rings (SSSR count). The number of aromatic nitrogens is 1. The number of nitrogens with one attached hydrogen (secondary N) is 1. The SMILES string of the molecule is CC(CCCCCCOc1ccc(Cl)cc1)N=C(N)Nc1ccncc1. The topological polar surface area (TPSA) is 72.5 Å². The molecule has 3 N–H and O–H groups in total. The highest BCUT2D eigenvalue weighted by atomic mass is 35.5. The van der Waals surface area contributed by atoms with Crippen LogP contribution in [-0.2, 0) is 0 Å². The van der Waals surface area contributed by atoms with Gasteiger partial charge in [-0.15, -0.1) is 0 Å². The summed E-state index contributed by atoms with van der Waals surface area (Å²) in [6.07, 6.45) is 8.96. The van der Waals surface area contributed by atoms with Gasteiger partial charge >= 0.3 is 0 Å². The van der Waals surface area contributed by atoms with E-state index in [0.717, 1.165) is 48.7 Å². The number of nitrogens with zero attached hydrogens (tertiary/aromatic N) is 2. The van der Waals surface area contributed by atoms with Crippen molar-refractivity contribution in [2.75, 3.05) is 11.9 Å². The summed E-state index contributed by atoms with van der Waals surface area (Å²) in [7, 11) is 0. The molecule has 1 aromatic carbocycles. The zero-order valence-electron chi connectivity index (χ0n) is 15.2. The van der Waals surface area contributed by atoms with Gasteiger partial charge in [-0.05, 0) is 56.2 Å². The number of halogens is 1. The molecule has 0 aliphatic heterocycles. The molecule has 1 heterocycles. The number of ether oxygens (including phenoxy) is 1. The minimum absolute atomic E-state index is 0.203. The van der Waals surface area contributed by atoms with Gasteiger partial charge in [-0.1, -0.05) is 30.9 Å². The predicted molar refractivity (Wildman–Crippen MR) is 109 cm³/mol. The lowest BCUT2D eigenvalue weighted by molar-refractivity contribution is 0.304.